The number of nitriles is 1. The molecule has 2 aromatic rings. The van der Waals surface area contributed by atoms with Crippen molar-refractivity contribution in [2.24, 2.45) is 0 Å². The molecule has 0 fully saturated rings. The molecule has 0 amide bonds. The summed E-state index contributed by atoms with van der Waals surface area (Å²) in [5.74, 6) is 0.831. The minimum Gasteiger partial charge on any atom is -0.493 e. The minimum absolute atomic E-state index is 0.228. The van der Waals surface area contributed by atoms with Crippen LogP contribution in [-0.2, 0) is 0 Å². The van der Waals surface area contributed by atoms with Crippen molar-refractivity contribution in [1.82, 2.24) is 0 Å². The van der Waals surface area contributed by atoms with Crippen LogP contribution in [0.1, 0.15) is 31.4 Å². The van der Waals surface area contributed by atoms with Crippen LogP contribution in [0.5, 0.6) is 5.75 Å². The van der Waals surface area contributed by atoms with Crippen LogP contribution in [0.2, 0.25) is 0 Å². The predicted octanol–water partition coefficient (Wildman–Crippen LogP) is 5.15. The van der Waals surface area contributed by atoms with Crippen molar-refractivity contribution in [3.8, 4) is 11.8 Å². The summed E-state index contributed by atoms with van der Waals surface area (Å²) in [5.41, 5.74) is 2.28. The molecule has 22 heavy (non-hydrogen) atoms. The van der Waals surface area contributed by atoms with Crippen LogP contribution < -0.4 is 10.1 Å². The molecular formula is C18H19IN2O. The lowest BCUT2D eigenvalue weighted by Crippen LogP contribution is -2.06. The first-order valence-electron chi connectivity index (χ1n) is 7.31. The lowest BCUT2D eigenvalue weighted by Gasteiger charge is -2.16. The van der Waals surface area contributed by atoms with Gasteiger partial charge in [0.2, 0.25) is 0 Å². The molecule has 2 aromatic carbocycles. The van der Waals surface area contributed by atoms with E-state index in [9.17, 15) is 0 Å². The lowest BCUT2D eigenvalue weighted by molar-refractivity contribution is 0.313. The molecule has 0 saturated carbocycles. The number of rotatable bonds is 7. The van der Waals surface area contributed by atoms with Crippen LogP contribution in [0.3, 0.4) is 0 Å². The zero-order valence-electron chi connectivity index (χ0n) is 12.6. The van der Waals surface area contributed by atoms with Crippen molar-refractivity contribution in [3.05, 3.63) is 57.7 Å². The van der Waals surface area contributed by atoms with E-state index in [2.05, 4.69) is 65.2 Å². The highest BCUT2D eigenvalue weighted by Gasteiger charge is 2.06. The van der Waals surface area contributed by atoms with E-state index >= 15 is 0 Å². The Bertz CT molecular complexity index is 634. The van der Waals surface area contributed by atoms with E-state index in [4.69, 9.17) is 10.00 Å². The van der Waals surface area contributed by atoms with Crippen LogP contribution in [0, 0.1) is 14.9 Å². The maximum Gasteiger partial charge on any atom is 0.121 e. The second kappa shape index (κ2) is 8.64. The van der Waals surface area contributed by atoms with Crippen LogP contribution in [0.4, 0.5) is 5.69 Å². The smallest absolute Gasteiger partial charge is 0.121 e. The number of nitrogens with one attached hydrogen (secondary N) is 1. The Hall–Kier alpha value is -1.74. The Kier molecular flexibility index (Phi) is 6.53. The average Bonchev–Trinajstić information content (AvgIpc) is 2.52. The summed E-state index contributed by atoms with van der Waals surface area (Å²) in [5, 5.41) is 12.0. The van der Waals surface area contributed by atoms with Crippen molar-refractivity contribution in [2.75, 3.05) is 11.9 Å². The number of ether oxygens (including phenoxy) is 1. The molecule has 2 rings (SSSR count). The van der Waals surface area contributed by atoms with Gasteiger partial charge in [0.15, 0.2) is 0 Å². The first-order chi connectivity index (χ1) is 10.7. The van der Waals surface area contributed by atoms with E-state index in [1.807, 2.05) is 24.3 Å². The Morgan fingerprint density at radius 3 is 2.73 bits per heavy atom. The highest BCUT2D eigenvalue weighted by molar-refractivity contribution is 14.1. The number of benzene rings is 2. The highest BCUT2D eigenvalue weighted by Crippen LogP contribution is 2.23. The quantitative estimate of drug-likeness (QED) is 0.511. The van der Waals surface area contributed by atoms with Crippen molar-refractivity contribution in [3.63, 3.8) is 0 Å². The van der Waals surface area contributed by atoms with Crippen molar-refractivity contribution >= 4 is 28.3 Å². The number of unbranched alkanes of at least 4 members (excludes halogenated alkanes) is 1. The van der Waals surface area contributed by atoms with Crippen molar-refractivity contribution in [2.45, 2.75) is 25.8 Å². The Labute approximate surface area is 145 Å². The normalized spacial score (nSPS) is 11.5. The number of halogens is 1. The van der Waals surface area contributed by atoms with Gasteiger partial charge in [0, 0.05) is 27.8 Å². The van der Waals surface area contributed by atoms with Gasteiger partial charge in [0.25, 0.3) is 0 Å². The molecule has 1 atom stereocenters. The van der Waals surface area contributed by atoms with E-state index < -0.39 is 0 Å². The van der Waals surface area contributed by atoms with Gasteiger partial charge >= 0.3 is 0 Å². The molecule has 0 bridgehead atoms. The molecule has 0 aliphatic heterocycles. The monoisotopic (exact) mass is 406 g/mol. The summed E-state index contributed by atoms with van der Waals surface area (Å²) in [4.78, 5) is 0. The van der Waals surface area contributed by atoms with E-state index in [-0.39, 0.29) is 6.04 Å². The first-order valence-corrected chi connectivity index (χ1v) is 8.39. The largest absolute Gasteiger partial charge is 0.493 e. The van der Waals surface area contributed by atoms with E-state index in [1.54, 1.807) is 0 Å². The molecule has 0 aromatic heterocycles. The number of hydrogen-bond donors (Lipinski definition) is 1. The third-order valence-corrected chi connectivity index (χ3v) is 4.01. The Morgan fingerprint density at radius 2 is 2.00 bits per heavy atom. The summed E-state index contributed by atoms with van der Waals surface area (Å²) in [6.07, 6.45) is 1.29. The minimum atomic E-state index is 0.228. The second-order valence-corrected chi connectivity index (χ2v) is 6.30. The SMILES string of the molecule is CC(Nc1cccc(OCCCC#N)c1)c1ccc(I)cc1. The molecule has 4 heteroatoms. The van der Waals surface area contributed by atoms with Crippen LogP contribution in [-0.4, -0.2) is 6.61 Å². The van der Waals surface area contributed by atoms with Gasteiger partial charge in [-0.3, -0.25) is 0 Å². The Balaban J connectivity index is 1.94. The third-order valence-electron chi connectivity index (χ3n) is 3.29. The molecule has 1 unspecified atom stereocenters. The van der Waals surface area contributed by atoms with Crippen molar-refractivity contribution < 1.29 is 4.74 Å². The fourth-order valence-electron chi connectivity index (χ4n) is 2.10. The fraction of sp³-hybridized carbons (Fsp3) is 0.278. The summed E-state index contributed by atoms with van der Waals surface area (Å²) in [6.45, 7) is 2.71. The summed E-state index contributed by atoms with van der Waals surface area (Å²) in [7, 11) is 0. The maximum atomic E-state index is 8.52. The van der Waals surface area contributed by atoms with Gasteiger partial charge in [0.05, 0.1) is 12.7 Å². The molecule has 0 aliphatic rings. The molecule has 0 heterocycles. The van der Waals surface area contributed by atoms with Gasteiger partial charge in [-0.25, -0.2) is 0 Å². The molecule has 1 N–H and O–H groups in total. The topological polar surface area (TPSA) is 45.0 Å². The van der Waals surface area contributed by atoms with Crippen molar-refractivity contribution in [1.29, 1.82) is 5.26 Å². The van der Waals surface area contributed by atoms with Crippen LogP contribution in [0.25, 0.3) is 0 Å². The lowest BCUT2D eigenvalue weighted by atomic mass is 10.1. The molecule has 0 aliphatic carbocycles. The zero-order chi connectivity index (χ0) is 15.8. The van der Waals surface area contributed by atoms with Gasteiger partial charge in [-0.2, -0.15) is 5.26 Å². The average molecular weight is 406 g/mol. The molecule has 3 nitrogen and oxygen atoms in total. The zero-order valence-corrected chi connectivity index (χ0v) is 14.7. The summed E-state index contributed by atoms with van der Waals surface area (Å²) >= 11 is 2.31. The maximum absolute atomic E-state index is 8.52. The molecule has 114 valence electrons. The number of anilines is 1. The van der Waals surface area contributed by atoms with Gasteiger partial charge in [-0.05, 0) is 65.8 Å². The predicted molar refractivity (Wildman–Crippen MR) is 98.0 cm³/mol. The Morgan fingerprint density at radius 1 is 1.23 bits per heavy atom. The molecular weight excluding hydrogens is 387 g/mol. The number of nitrogens with zero attached hydrogens (tertiary/aromatic N) is 1. The van der Waals surface area contributed by atoms with E-state index in [0.717, 1.165) is 17.9 Å². The molecule has 0 radical (unpaired) electrons. The first kappa shape index (κ1) is 16.6. The molecule has 0 spiro atoms. The van der Waals surface area contributed by atoms with Gasteiger partial charge in [0.1, 0.15) is 5.75 Å². The third kappa shape index (κ3) is 5.23. The second-order valence-electron chi connectivity index (χ2n) is 5.06. The van der Waals surface area contributed by atoms with E-state index in [0.29, 0.717) is 13.0 Å². The van der Waals surface area contributed by atoms with Gasteiger partial charge in [-0.15, -0.1) is 0 Å². The number of hydrogen-bond acceptors (Lipinski definition) is 3. The van der Waals surface area contributed by atoms with Crippen LogP contribution in [0.15, 0.2) is 48.5 Å². The van der Waals surface area contributed by atoms with Gasteiger partial charge < -0.3 is 10.1 Å². The summed E-state index contributed by atoms with van der Waals surface area (Å²) in [6, 6.07) is 18.8. The van der Waals surface area contributed by atoms with Gasteiger partial charge in [-0.1, -0.05) is 18.2 Å². The molecule has 0 saturated heterocycles. The standard InChI is InChI=1S/C18H19IN2O/c1-14(15-7-9-16(19)10-8-15)21-17-5-4-6-18(13-17)22-12-3-2-11-20/h4-10,13-14,21H,2-3,12H2,1H3. The highest BCUT2D eigenvalue weighted by atomic mass is 127. The summed E-state index contributed by atoms with van der Waals surface area (Å²) < 4.78 is 6.90. The fourth-order valence-corrected chi connectivity index (χ4v) is 2.46. The van der Waals surface area contributed by atoms with Crippen LogP contribution >= 0.6 is 22.6 Å². The van der Waals surface area contributed by atoms with E-state index in [1.165, 1.54) is 9.13 Å².